The zero-order valence-corrected chi connectivity index (χ0v) is 29.1. The summed E-state index contributed by atoms with van der Waals surface area (Å²) in [5, 5.41) is 7.64. The summed E-state index contributed by atoms with van der Waals surface area (Å²) < 4.78 is 0. The Morgan fingerprint density at radius 3 is 1.96 bits per heavy atom. The number of halogens is 2. The number of aryl methyl sites for hydroxylation is 3. The molecule has 1 amide bonds. The predicted molar refractivity (Wildman–Crippen MR) is 191 cm³/mol. The summed E-state index contributed by atoms with van der Waals surface area (Å²) in [5.74, 6) is 0.921. The van der Waals surface area contributed by atoms with Crippen molar-refractivity contribution in [2.45, 2.75) is 90.6 Å². The lowest BCUT2D eigenvalue weighted by Gasteiger charge is -2.15. The Labute approximate surface area is 292 Å². The van der Waals surface area contributed by atoms with Gasteiger partial charge in [0.2, 0.25) is 5.91 Å². The van der Waals surface area contributed by atoms with Crippen LogP contribution in [0.1, 0.15) is 81.6 Å². The molecule has 2 aromatic carbocycles. The van der Waals surface area contributed by atoms with Gasteiger partial charge in [-0.1, -0.05) is 73.4 Å². The predicted octanol–water partition coefficient (Wildman–Crippen LogP) is 7.76. The minimum Gasteiger partial charge on any atom is -0.353 e. The van der Waals surface area contributed by atoms with Crippen molar-refractivity contribution in [3.63, 3.8) is 0 Å². The molecule has 1 saturated carbocycles. The zero-order valence-electron chi connectivity index (χ0n) is 27.6. The van der Waals surface area contributed by atoms with E-state index in [0.717, 1.165) is 102 Å². The summed E-state index contributed by atoms with van der Waals surface area (Å²) in [6.07, 6.45) is 11.7. The molecule has 250 valence electrons. The molecular formula is C38H42Cl2N6O2. The van der Waals surface area contributed by atoms with E-state index in [1.54, 1.807) is 12.4 Å². The third-order valence-electron chi connectivity index (χ3n) is 9.50. The van der Waals surface area contributed by atoms with Gasteiger partial charge in [0.15, 0.2) is 0 Å². The fraction of sp³-hybridized carbons (Fsp3) is 0.421. The number of aromatic nitrogens is 4. The van der Waals surface area contributed by atoms with Gasteiger partial charge in [0.1, 0.15) is 5.78 Å². The largest absolute Gasteiger partial charge is 0.353 e. The van der Waals surface area contributed by atoms with E-state index in [2.05, 4.69) is 24.5 Å². The summed E-state index contributed by atoms with van der Waals surface area (Å²) in [4.78, 5) is 42.7. The van der Waals surface area contributed by atoms with Crippen molar-refractivity contribution < 1.29 is 9.59 Å². The van der Waals surface area contributed by atoms with Crippen molar-refractivity contribution in [2.75, 3.05) is 6.54 Å². The van der Waals surface area contributed by atoms with Crippen LogP contribution in [0.5, 0.6) is 0 Å². The van der Waals surface area contributed by atoms with Crippen molar-refractivity contribution in [1.29, 1.82) is 0 Å². The first-order valence-electron chi connectivity index (χ1n) is 17.1. The van der Waals surface area contributed by atoms with E-state index < -0.39 is 0 Å². The van der Waals surface area contributed by atoms with E-state index in [1.165, 1.54) is 0 Å². The van der Waals surface area contributed by atoms with Gasteiger partial charge >= 0.3 is 0 Å². The lowest BCUT2D eigenvalue weighted by atomic mass is 9.98. The third kappa shape index (κ3) is 7.77. The molecule has 8 nitrogen and oxygen atoms in total. The van der Waals surface area contributed by atoms with Crippen LogP contribution in [0.3, 0.4) is 0 Å². The quantitative estimate of drug-likeness (QED) is 0.148. The number of hydrogen-bond donors (Lipinski definition) is 2. The summed E-state index contributed by atoms with van der Waals surface area (Å²) >= 11 is 14.2. The van der Waals surface area contributed by atoms with Crippen LogP contribution in [0.25, 0.3) is 33.6 Å². The molecule has 1 saturated heterocycles. The third-order valence-corrected chi connectivity index (χ3v) is 10.3. The number of Topliss-reactive ketones (excluding diaryl/α,β-unsaturated/α-hetero) is 1. The van der Waals surface area contributed by atoms with Gasteiger partial charge in [0.25, 0.3) is 0 Å². The molecule has 0 unspecified atom stereocenters. The fourth-order valence-electron chi connectivity index (χ4n) is 6.83. The molecule has 2 N–H and O–H groups in total. The number of amides is 1. The number of benzene rings is 2. The van der Waals surface area contributed by atoms with Gasteiger partial charge in [0.05, 0.1) is 56.6 Å². The molecule has 3 heterocycles. The molecule has 0 radical (unpaired) electrons. The first-order valence-corrected chi connectivity index (χ1v) is 17.9. The number of ketones is 1. The molecule has 0 spiro atoms. The highest BCUT2D eigenvalue weighted by Crippen LogP contribution is 2.42. The molecule has 2 atom stereocenters. The van der Waals surface area contributed by atoms with Crippen molar-refractivity contribution in [1.82, 2.24) is 30.6 Å². The standard InChI is InChI=1S/C38H42Cl2N6O2/c1-3-30-32(13-5-8-24-15-17-36(48)44-24)42-21-33(45-30)28-11-6-9-26(37(28)39)27-10-7-12-29(38(27)40)34-22-43-35(31(4-2)46-34)20-41-19-23-14-16-25(47)18-23/h6-7,9-12,21-24,41H,3-5,8,13-20H2,1-2H3,(H,44,48)/t23-,24-/m1/s1. The van der Waals surface area contributed by atoms with Crippen LogP contribution < -0.4 is 10.6 Å². The average molecular weight is 686 g/mol. The van der Waals surface area contributed by atoms with Crippen molar-refractivity contribution in [3.05, 3.63) is 81.6 Å². The number of nitrogens with one attached hydrogen (secondary N) is 2. The van der Waals surface area contributed by atoms with Gasteiger partial charge in [-0.05, 0) is 57.4 Å². The second kappa shape index (κ2) is 15.7. The van der Waals surface area contributed by atoms with E-state index >= 15 is 0 Å². The van der Waals surface area contributed by atoms with Gasteiger partial charge in [-0.15, -0.1) is 0 Å². The summed E-state index contributed by atoms with van der Waals surface area (Å²) in [5.41, 5.74) is 8.41. The number of carbonyl (C=O) groups is 2. The second-order valence-corrected chi connectivity index (χ2v) is 13.6. The van der Waals surface area contributed by atoms with Gasteiger partial charge in [-0.3, -0.25) is 19.6 Å². The van der Waals surface area contributed by atoms with Gasteiger partial charge in [-0.25, -0.2) is 9.97 Å². The molecule has 2 fully saturated rings. The Bertz CT molecular complexity index is 1680. The van der Waals surface area contributed by atoms with Crippen LogP contribution in [0, 0.1) is 5.92 Å². The van der Waals surface area contributed by atoms with Gasteiger partial charge < -0.3 is 10.6 Å². The first-order chi connectivity index (χ1) is 23.3. The van der Waals surface area contributed by atoms with Crippen molar-refractivity contribution in [3.8, 4) is 33.6 Å². The maximum atomic E-state index is 11.6. The second-order valence-electron chi connectivity index (χ2n) is 12.8. The van der Waals surface area contributed by atoms with E-state index in [0.29, 0.717) is 53.2 Å². The van der Waals surface area contributed by atoms with Crippen LogP contribution in [-0.4, -0.2) is 44.2 Å². The van der Waals surface area contributed by atoms with E-state index in [4.69, 9.17) is 43.1 Å². The smallest absolute Gasteiger partial charge is 0.220 e. The van der Waals surface area contributed by atoms with Crippen LogP contribution in [0.2, 0.25) is 10.0 Å². The summed E-state index contributed by atoms with van der Waals surface area (Å²) in [6.45, 7) is 5.59. The average Bonchev–Trinajstić information content (AvgIpc) is 3.72. The molecule has 2 aromatic heterocycles. The fourth-order valence-corrected chi connectivity index (χ4v) is 7.48. The molecule has 0 bridgehead atoms. The lowest BCUT2D eigenvalue weighted by molar-refractivity contribution is -0.119. The van der Waals surface area contributed by atoms with Gasteiger partial charge in [0, 0.05) is 54.1 Å². The minimum atomic E-state index is 0.151. The summed E-state index contributed by atoms with van der Waals surface area (Å²) in [7, 11) is 0. The highest BCUT2D eigenvalue weighted by atomic mass is 35.5. The topological polar surface area (TPSA) is 110 Å². The maximum absolute atomic E-state index is 11.6. The number of nitrogens with zero attached hydrogens (tertiary/aromatic N) is 4. The Kier molecular flexibility index (Phi) is 11.1. The molecule has 6 rings (SSSR count). The normalized spacial score (nSPS) is 17.7. The van der Waals surface area contributed by atoms with Crippen LogP contribution in [0.4, 0.5) is 0 Å². The molecular weight excluding hydrogens is 643 g/mol. The van der Waals surface area contributed by atoms with Crippen LogP contribution in [-0.2, 0) is 35.4 Å². The molecule has 4 aromatic rings. The van der Waals surface area contributed by atoms with Crippen molar-refractivity contribution in [2.24, 2.45) is 5.92 Å². The van der Waals surface area contributed by atoms with Crippen LogP contribution in [0.15, 0.2) is 48.8 Å². The number of carbonyl (C=O) groups excluding carboxylic acids is 2. The first kappa shape index (κ1) is 34.2. The molecule has 10 heteroatoms. The highest BCUT2D eigenvalue weighted by Gasteiger charge is 2.23. The van der Waals surface area contributed by atoms with E-state index in [9.17, 15) is 9.59 Å². The Morgan fingerprint density at radius 1 is 0.792 bits per heavy atom. The lowest BCUT2D eigenvalue weighted by Crippen LogP contribution is -2.25. The summed E-state index contributed by atoms with van der Waals surface area (Å²) in [6, 6.07) is 12.1. The minimum absolute atomic E-state index is 0.151. The Hall–Kier alpha value is -3.72. The molecule has 1 aliphatic heterocycles. The number of rotatable bonds is 13. The molecule has 48 heavy (non-hydrogen) atoms. The number of hydrogen-bond acceptors (Lipinski definition) is 7. The van der Waals surface area contributed by atoms with Gasteiger partial charge in [-0.2, -0.15) is 0 Å². The van der Waals surface area contributed by atoms with Crippen LogP contribution >= 0.6 is 23.2 Å². The zero-order chi connectivity index (χ0) is 33.6. The highest BCUT2D eigenvalue weighted by molar-refractivity contribution is 6.39. The Morgan fingerprint density at radius 2 is 1.40 bits per heavy atom. The van der Waals surface area contributed by atoms with Crippen molar-refractivity contribution >= 4 is 34.9 Å². The molecule has 2 aliphatic rings. The molecule has 1 aliphatic carbocycles. The SMILES string of the molecule is CCc1nc(-c2cccc(-c3cccc(-c4cnc(CNC[C@@H]5CCC(=O)C5)c(CC)n4)c3Cl)c2Cl)cnc1CCC[C@@H]1CCC(=O)N1. The maximum Gasteiger partial charge on any atom is 0.220 e. The van der Waals surface area contributed by atoms with E-state index in [-0.39, 0.29) is 11.9 Å². The monoisotopic (exact) mass is 684 g/mol. The Balaban J connectivity index is 1.20. The van der Waals surface area contributed by atoms with E-state index in [1.807, 2.05) is 36.4 Å².